The maximum absolute atomic E-state index is 6.55. The van der Waals surface area contributed by atoms with Crippen LogP contribution in [0.1, 0.15) is 30.9 Å². The first-order valence-corrected chi connectivity index (χ1v) is 7.54. The van der Waals surface area contributed by atoms with Crippen LogP contribution >= 0.6 is 0 Å². The summed E-state index contributed by atoms with van der Waals surface area (Å²) in [7, 11) is 0. The first-order chi connectivity index (χ1) is 10.6. The standard InChI is InChI=1S/C18H18N2O2/c1-13-11-17(15-3-7-19-8-4-15)14(2)21-18(12-13,22-17)16-5-9-20-10-6-16/h3-10,13H,2,11-12H2,1H3/t13-,17?,18?/m1/s1. The van der Waals surface area contributed by atoms with Crippen LogP contribution in [0.15, 0.2) is 61.4 Å². The quantitative estimate of drug-likeness (QED) is 0.850. The molecule has 2 aromatic heterocycles. The number of nitrogens with zero attached hydrogens (tertiary/aromatic N) is 2. The van der Waals surface area contributed by atoms with Gasteiger partial charge in [-0.25, -0.2) is 0 Å². The zero-order valence-electron chi connectivity index (χ0n) is 12.5. The Morgan fingerprint density at radius 2 is 1.59 bits per heavy atom. The van der Waals surface area contributed by atoms with Crippen LogP contribution in [0.5, 0.6) is 0 Å². The summed E-state index contributed by atoms with van der Waals surface area (Å²) in [6.45, 7) is 6.40. The summed E-state index contributed by atoms with van der Waals surface area (Å²) >= 11 is 0. The summed E-state index contributed by atoms with van der Waals surface area (Å²) in [5, 5.41) is 0. The van der Waals surface area contributed by atoms with E-state index in [9.17, 15) is 0 Å². The Balaban J connectivity index is 1.84. The Bertz CT molecular complexity index is 704. The minimum Gasteiger partial charge on any atom is -0.459 e. The monoisotopic (exact) mass is 294 g/mol. The summed E-state index contributed by atoms with van der Waals surface area (Å²) in [6.07, 6.45) is 8.78. The largest absolute Gasteiger partial charge is 0.459 e. The van der Waals surface area contributed by atoms with Gasteiger partial charge in [-0.1, -0.05) is 13.5 Å². The van der Waals surface area contributed by atoms with Crippen LogP contribution in [-0.4, -0.2) is 9.97 Å². The van der Waals surface area contributed by atoms with Crippen molar-refractivity contribution in [3.63, 3.8) is 0 Å². The van der Waals surface area contributed by atoms with Gasteiger partial charge in [0.15, 0.2) is 5.60 Å². The molecule has 2 saturated heterocycles. The van der Waals surface area contributed by atoms with Crippen LogP contribution in [0.4, 0.5) is 0 Å². The van der Waals surface area contributed by atoms with E-state index in [4.69, 9.17) is 9.47 Å². The molecule has 0 amide bonds. The number of hydrogen-bond acceptors (Lipinski definition) is 4. The van der Waals surface area contributed by atoms with E-state index in [0.717, 1.165) is 24.0 Å². The highest BCUT2D eigenvalue weighted by molar-refractivity contribution is 5.34. The molecule has 2 bridgehead atoms. The smallest absolute Gasteiger partial charge is 0.238 e. The minimum absolute atomic E-state index is 0.453. The SMILES string of the molecule is C=C1OC2(c3ccncc3)C[C@H](C)CC1(c1ccncc1)O2. The van der Waals surface area contributed by atoms with Crippen molar-refractivity contribution in [3.8, 4) is 0 Å². The summed E-state index contributed by atoms with van der Waals surface area (Å²) in [4.78, 5) is 8.20. The predicted molar refractivity (Wildman–Crippen MR) is 81.5 cm³/mol. The van der Waals surface area contributed by atoms with E-state index in [0.29, 0.717) is 11.7 Å². The molecule has 2 aromatic rings. The lowest BCUT2D eigenvalue weighted by atomic mass is 9.79. The average Bonchev–Trinajstić information content (AvgIpc) is 2.77. The molecular formula is C18H18N2O2. The highest BCUT2D eigenvalue weighted by Gasteiger charge is 2.60. The molecule has 112 valence electrons. The number of pyridine rings is 2. The second kappa shape index (κ2) is 4.65. The zero-order chi connectivity index (χ0) is 15.2. The van der Waals surface area contributed by atoms with Crippen molar-refractivity contribution in [2.24, 2.45) is 5.92 Å². The van der Waals surface area contributed by atoms with Gasteiger partial charge in [-0.05, 0) is 42.2 Å². The number of hydrogen-bond donors (Lipinski definition) is 0. The van der Waals surface area contributed by atoms with E-state index < -0.39 is 11.4 Å². The Hall–Kier alpha value is -2.20. The van der Waals surface area contributed by atoms with Crippen molar-refractivity contribution in [1.82, 2.24) is 9.97 Å². The molecule has 2 unspecified atom stereocenters. The van der Waals surface area contributed by atoms with E-state index in [1.807, 2.05) is 24.3 Å². The molecule has 2 aliphatic rings. The molecule has 0 spiro atoms. The highest BCUT2D eigenvalue weighted by atomic mass is 16.8. The van der Waals surface area contributed by atoms with Gasteiger partial charge in [0.1, 0.15) is 5.76 Å². The normalized spacial score (nSPS) is 33.5. The molecule has 0 radical (unpaired) electrons. The van der Waals surface area contributed by atoms with Crippen LogP contribution in [0, 0.1) is 5.92 Å². The summed E-state index contributed by atoms with van der Waals surface area (Å²) in [5.74, 6) is 0.371. The summed E-state index contributed by atoms with van der Waals surface area (Å²) in [6, 6.07) is 7.87. The van der Waals surface area contributed by atoms with Gasteiger partial charge in [0.2, 0.25) is 5.79 Å². The molecule has 0 aliphatic carbocycles. The Morgan fingerprint density at radius 3 is 2.23 bits per heavy atom. The van der Waals surface area contributed by atoms with E-state index in [1.54, 1.807) is 24.8 Å². The van der Waals surface area contributed by atoms with Crippen LogP contribution in [0.25, 0.3) is 0 Å². The molecule has 2 fully saturated rings. The van der Waals surface area contributed by atoms with Crippen LogP contribution in [0.3, 0.4) is 0 Å². The van der Waals surface area contributed by atoms with E-state index in [1.165, 1.54) is 0 Å². The molecule has 0 N–H and O–H groups in total. The van der Waals surface area contributed by atoms with Crippen LogP contribution in [0.2, 0.25) is 0 Å². The lowest BCUT2D eigenvalue weighted by Crippen LogP contribution is -2.41. The third-order valence-electron chi connectivity index (χ3n) is 4.60. The van der Waals surface area contributed by atoms with Gasteiger partial charge in [0, 0.05) is 36.8 Å². The lowest BCUT2D eigenvalue weighted by molar-refractivity contribution is -0.234. The molecule has 4 heteroatoms. The lowest BCUT2D eigenvalue weighted by Gasteiger charge is -2.39. The van der Waals surface area contributed by atoms with Crippen molar-refractivity contribution >= 4 is 0 Å². The fraction of sp³-hybridized carbons (Fsp3) is 0.333. The van der Waals surface area contributed by atoms with Gasteiger partial charge in [0.25, 0.3) is 0 Å². The Morgan fingerprint density at radius 1 is 1.00 bits per heavy atom. The van der Waals surface area contributed by atoms with Crippen molar-refractivity contribution in [1.29, 1.82) is 0 Å². The van der Waals surface area contributed by atoms with Crippen LogP contribution in [-0.2, 0) is 20.9 Å². The second-order valence-electron chi connectivity index (χ2n) is 6.19. The zero-order valence-corrected chi connectivity index (χ0v) is 12.5. The topological polar surface area (TPSA) is 44.2 Å². The first kappa shape index (κ1) is 13.5. The molecule has 3 atom stereocenters. The van der Waals surface area contributed by atoms with Crippen molar-refractivity contribution in [2.75, 3.05) is 0 Å². The Labute approximate surface area is 129 Å². The molecular weight excluding hydrogens is 276 g/mol. The molecule has 4 nitrogen and oxygen atoms in total. The molecule has 4 rings (SSSR count). The Kier molecular flexibility index (Phi) is 2.84. The number of aromatic nitrogens is 2. The molecule has 22 heavy (non-hydrogen) atoms. The third kappa shape index (κ3) is 1.80. The molecule has 2 aliphatic heterocycles. The van der Waals surface area contributed by atoms with E-state index in [-0.39, 0.29) is 0 Å². The number of fused-ring (bicyclic) bond motifs is 2. The van der Waals surface area contributed by atoms with Crippen LogP contribution < -0.4 is 0 Å². The molecule has 0 saturated carbocycles. The minimum atomic E-state index is -0.763. The van der Waals surface area contributed by atoms with Gasteiger partial charge in [-0.3, -0.25) is 9.97 Å². The van der Waals surface area contributed by atoms with Gasteiger partial charge >= 0.3 is 0 Å². The third-order valence-corrected chi connectivity index (χ3v) is 4.60. The summed E-state index contributed by atoms with van der Waals surface area (Å²) < 4.78 is 12.8. The summed E-state index contributed by atoms with van der Waals surface area (Å²) in [5.41, 5.74) is 1.45. The van der Waals surface area contributed by atoms with Crippen molar-refractivity contribution in [2.45, 2.75) is 31.2 Å². The molecule has 4 heterocycles. The fourth-order valence-corrected chi connectivity index (χ4v) is 3.70. The van der Waals surface area contributed by atoms with Gasteiger partial charge < -0.3 is 9.47 Å². The maximum Gasteiger partial charge on any atom is 0.238 e. The van der Waals surface area contributed by atoms with Gasteiger partial charge in [-0.15, -0.1) is 0 Å². The first-order valence-electron chi connectivity index (χ1n) is 7.54. The van der Waals surface area contributed by atoms with Gasteiger partial charge in [0.05, 0.1) is 0 Å². The number of rotatable bonds is 2. The number of ether oxygens (including phenoxy) is 2. The average molecular weight is 294 g/mol. The second-order valence-corrected chi connectivity index (χ2v) is 6.19. The van der Waals surface area contributed by atoms with Crippen molar-refractivity contribution in [3.05, 3.63) is 72.5 Å². The van der Waals surface area contributed by atoms with E-state index >= 15 is 0 Å². The highest BCUT2D eigenvalue weighted by Crippen LogP contribution is 2.59. The maximum atomic E-state index is 6.55. The predicted octanol–water partition coefficient (Wildman–Crippen LogP) is 3.52. The fourth-order valence-electron chi connectivity index (χ4n) is 3.70. The van der Waals surface area contributed by atoms with E-state index in [2.05, 4.69) is 23.5 Å². The van der Waals surface area contributed by atoms with Gasteiger partial charge in [-0.2, -0.15) is 0 Å². The molecule has 0 aromatic carbocycles. The van der Waals surface area contributed by atoms with Crippen molar-refractivity contribution < 1.29 is 9.47 Å².